The Balaban J connectivity index is 2.82. The van der Waals surface area contributed by atoms with Gasteiger partial charge in [-0.1, -0.05) is 13.8 Å². The van der Waals surface area contributed by atoms with Crippen LogP contribution in [0.4, 0.5) is 0 Å². The van der Waals surface area contributed by atoms with Gasteiger partial charge in [0.05, 0.1) is 18.4 Å². The van der Waals surface area contributed by atoms with Gasteiger partial charge >= 0.3 is 0 Å². The molecule has 1 atom stereocenters. The molecule has 1 aromatic rings. The highest BCUT2D eigenvalue weighted by Gasteiger charge is 2.21. The maximum absolute atomic E-state index is 10.0. The first kappa shape index (κ1) is 12.0. The zero-order valence-electron chi connectivity index (χ0n) is 9.66. The molecule has 0 bridgehead atoms. The van der Waals surface area contributed by atoms with Gasteiger partial charge in [0.1, 0.15) is 5.75 Å². The topological polar surface area (TPSA) is 42.4 Å². The second kappa shape index (κ2) is 5.12. The molecule has 0 aliphatic rings. The predicted octanol–water partition coefficient (Wildman–Crippen LogP) is 2.49. The predicted molar refractivity (Wildman–Crippen MR) is 59.9 cm³/mol. The van der Waals surface area contributed by atoms with Crippen LogP contribution in [0, 0.1) is 0 Å². The third kappa shape index (κ3) is 3.20. The average molecular weight is 209 g/mol. The van der Waals surface area contributed by atoms with Crippen molar-refractivity contribution in [1.29, 1.82) is 0 Å². The summed E-state index contributed by atoms with van der Waals surface area (Å²) in [6.45, 7) is 6.46. The summed E-state index contributed by atoms with van der Waals surface area (Å²) in [7, 11) is 0. The van der Waals surface area contributed by atoms with Crippen molar-refractivity contribution in [3.05, 3.63) is 24.0 Å². The molecule has 0 spiro atoms. The van der Waals surface area contributed by atoms with E-state index in [1.807, 2.05) is 13.0 Å². The summed E-state index contributed by atoms with van der Waals surface area (Å²) in [4.78, 5) is 4.07. The molecule has 0 saturated heterocycles. The molecule has 3 heteroatoms. The lowest BCUT2D eigenvalue weighted by atomic mass is 9.95. The molecule has 0 fully saturated rings. The molecule has 0 radical (unpaired) electrons. The van der Waals surface area contributed by atoms with Gasteiger partial charge in [-0.2, -0.15) is 0 Å². The second-order valence-corrected chi connectivity index (χ2v) is 3.89. The Morgan fingerprint density at radius 3 is 2.73 bits per heavy atom. The van der Waals surface area contributed by atoms with Crippen molar-refractivity contribution in [1.82, 2.24) is 4.98 Å². The van der Waals surface area contributed by atoms with E-state index < -0.39 is 5.60 Å². The van der Waals surface area contributed by atoms with Crippen molar-refractivity contribution >= 4 is 0 Å². The van der Waals surface area contributed by atoms with Crippen LogP contribution in [0.5, 0.6) is 5.75 Å². The van der Waals surface area contributed by atoms with E-state index in [9.17, 15) is 5.11 Å². The fraction of sp³-hybridized carbons (Fsp3) is 0.583. The monoisotopic (exact) mass is 209 g/mol. The van der Waals surface area contributed by atoms with Crippen molar-refractivity contribution < 1.29 is 9.84 Å². The van der Waals surface area contributed by atoms with Crippen LogP contribution in [0.1, 0.15) is 39.2 Å². The highest BCUT2D eigenvalue weighted by atomic mass is 16.5. The molecule has 1 N–H and O–H groups in total. The van der Waals surface area contributed by atoms with Crippen LogP contribution in [0.3, 0.4) is 0 Å². The molecular weight excluding hydrogens is 190 g/mol. The van der Waals surface area contributed by atoms with Gasteiger partial charge in [0.2, 0.25) is 0 Å². The van der Waals surface area contributed by atoms with E-state index in [0.717, 1.165) is 17.7 Å². The molecule has 0 aliphatic heterocycles. The minimum atomic E-state index is -0.821. The fourth-order valence-corrected chi connectivity index (χ4v) is 1.22. The summed E-state index contributed by atoms with van der Waals surface area (Å²) in [5, 5.41) is 10.0. The van der Waals surface area contributed by atoms with Crippen LogP contribution in [0.15, 0.2) is 18.5 Å². The minimum absolute atomic E-state index is 0.659. The number of rotatable bonds is 5. The van der Waals surface area contributed by atoms with Crippen molar-refractivity contribution in [3.63, 3.8) is 0 Å². The molecule has 15 heavy (non-hydrogen) atoms. The first-order chi connectivity index (χ1) is 7.10. The molecule has 1 rings (SSSR count). The van der Waals surface area contributed by atoms with E-state index in [2.05, 4.69) is 11.9 Å². The Kier molecular flexibility index (Phi) is 4.09. The van der Waals surface area contributed by atoms with Crippen molar-refractivity contribution in [2.24, 2.45) is 0 Å². The molecule has 0 amide bonds. The molecule has 1 aromatic heterocycles. The van der Waals surface area contributed by atoms with Crippen molar-refractivity contribution in [2.75, 3.05) is 6.61 Å². The van der Waals surface area contributed by atoms with Crippen molar-refractivity contribution in [3.8, 4) is 5.75 Å². The normalized spacial score (nSPS) is 14.7. The first-order valence-corrected chi connectivity index (χ1v) is 5.41. The third-order valence-corrected chi connectivity index (χ3v) is 2.50. The minimum Gasteiger partial charge on any atom is -0.492 e. The number of aliphatic hydroxyl groups is 1. The van der Waals surface area contributed by atoms with E-state index >= 15 is 0 Å². The Morgan fingerprint density at radius 1 is 1.40 bits per heavy atom. The van der Waals surface area contributed by atoms with E-state index in [1.165, 1.54) is 0 Å². The van der Waals surface area contributed by atoms with Crippen LogP contribution >= 0.6 is 0 Å². The highest BCUT2D eigenvalue weighted by Crippen LogP contribution is 2.25. The lowest BCUT2D eigenvalue weighted by Crippen LogP contribution is -2.19. The zero-order valence-corrected chi connectivity index (χ0v) is 9.66. The number of aromatic nitrogens is 1. The Labute approximate surface area is 91.1 Å². The number of nitrogens with zero attached hydrogens (tertiary/aromatic N) is 1. The van der Waals surface area contributed by atoms with Crippen LogP contribution in [0.25, 0.3) is 0 Å². The van der Waals surface area contributed by atoms with Gasteiger partial charge in [0.15, 0.2) is 0 Å². The summed E-state index contributed by atoms with van der Waals surface area (Å²) in [5.41, 5.74) is -0.0166. The van der Waals surface area contributed by atoms with Crippen LogP contribution in [0.2, 0.25) is 0 Å². The highest BCUT2D eigenvalue weighted by molar-refractivity contribution is 5.27. The molecule has 1 unspecified atom stereocenters. The number of ether oxygens (including phenoxy) is 1. The number of pyridine rings is 1. The summed E-state index contributed by atoms with van der Waals surface area (Å²) in [6, 6.07) is 1.85. The van der Waals surface area contributed by atoms with Gasteiger partial charge in [-0.15, -0.1) is 0 Å². The van der Waals surface area contributed by atoms with Crippen LogP contribution < -0.4 is 4.74 Å². The molecule has 0 saturated carbocycles. The summed E-state index contributed by atoms with van der Waals surface area (Å²) in [6.07, 6.45) is 4.98. The summed E-state index contributed by atoms with van der Waals surface area (Å²) >= 11 is 0. The van der Waals surface area contributed by atoms with Gasteiger partial charge in [0, 0.05) is 11.8 Å². The molecule has 3 nitrogen and oxygen atoms in total. The van der Waals surface area contributed by atoms with Crippen molar-refractivity contribution in [2.45, 2.75) is 39.2 Å². The second-order valence-electron chi connectivity index (χ2n) is 3.89. The van der Waals surface area contributed by atoms with Gasteiger partial charge in [0.25, 0.3) is 0 Å². The smallest absolute Gasteiger partial charge is 0.137 e. The lowest BCUT2D eigenvalue weighted by Gasteiger charge is -2.21. The molecule has 0 aromatic carbocycles. The summed E-state index contributed by atoms with van der Waals surface area (Å²) in [5.74, 6) is 0.725. The van der Waals surface area contributed by atoms with Crippen LogP contribution in [-0.2, 0) is 5.60 Å². The Hall–Kier alpha value is -1.09. The average Bonchev–Trinajstić information content (AvgIpc) is 2.27. The van der Waals surface area contributed by atoms with E-state index in [1.54, 1.807) is 19.3 Å². The first-order valence-electron chi connectivity index (χ1n) is 5.41. The van der Waals surface area contributed by atoms with Crippen LogP contribution in [-0.4, -0.2) is 16.7 Å². The summed E-state index contributed by atoms with van der Waals surface area (Å²) < 4.78 is 5.46. The van der Waals surface area contributed by atoms with Gasteiger partial charge in [-0.25, -0.2) is 0 Å². The van der Waals surface area contributed by atoms with E-state index in [0.29, 0.717) is 13.0 Å². The fourth-order valence-electron chi connectivity index (χ4n) is 1.22. The zero-order chi connectivity index (χ0) is 11.3. The Bertz CT molecular complexity index is 310. The largest absolute Gasteiger partial charge is 0.492 e. The molecule has 1 heterocycles. The van der Waals surface area contributed by atoms with Gasteiger partial charge in [-0.05, 0) is 25.8 Å². The lowest BCUT2D eigenvalue weighted by molar-refractivity contribution is 0.0524. The standard InChI is InChI=1S/C12H19NO2/c1-4-6-15-11-7-10(8-13-9-11)12(3,14)5-2/h7-9,14H,4-6H2,1-3H3. The number of hydrogen-bond acceptors (Lipinski definition) is 3. The molecule has 84 valence electrons. The molecule has 0 aliphatic carbocycles. The van der Waals surface area contributed by atoms with E-state index in [-0.39, 0.29) is 0 Å². The maximum Gasteiger partial charge on any atom is 0.137 e. The quantitative estimate of drug-likeness (QED) is 0.810. The number of hydrogen-bond donors (Lipinski definition) is 1. The Morgan fingerprint density at radius 2 is 2.13 bits per heavy atom. The van der Waals surface area contributed by atoms with E-state index in [4.69, 9.17) is 4.74 Å². The van der Waals surface area contributed by atoms with Gasteiger partial charge in [-0.3, -0.25) is 4.98 Å². The SMILES string of the molecule is CCCOc1cncc(C(C)(O)CC)c1. The molecular formula is C12H19NO2. The third-order valence-electron chi connectivity index (χ3n) is 2.50. The maximum atomic E-state index is 10.0. The van der Waals surface area contributed by atoms with Gasteiger partial charge < -0.3 is 9.84 Å².